The number of hydrogen-bond donors (Lipinski definition) is 1. The molecule has 1 N–H and O–H groups in total. The highest BCUT2D eigenvalue weighted by molar-refractivity contribution is 9.09. The molecule has 1 amide bonds. The first kappa shape index (κ1) is 10.3. The van der Waals surface area contributed by atoms with Crippen molar-refractivity contribution in [2.24, 2.45) is 0 Å². The van der Waals surface area contributed by atoms with Crippen LogP contribution in [-0.2, 0) is 11.3 Å². The summed E-state index contributed by atoms with van der Waals surface area (Å²) in [4.78, 5) is 16.1. The largest absolute Gasteiger partial charge is 0.364 e. The molecular weight excluding hydrogens is 232 g/mol. The van der Waals surface area contributed by atoms with E-state index in [1.54, 1.807) is 4.90 Å². The van der Waals surface area contributed by atoms with Gasteiger partial charge in [-0.3, -0.25) is 4.79 Å². The predicted octanol–water partition coefficient (Wildman–Crippen LogP) is 1.76. The number of nitrogens with zero attached hydrogens (tertiary/aromatic N) is 1. The van der Waals surface area contributed by atoms with E-state index in [0.29, 0.717) is 13.0 Å². The number of rotatable bonds is 4. The lowest BCUT2D eigenvalue weighted by Gasteiger charge is -2.15. The van der Waals surface area contributed by atoms with E-state index in [4.69, 9.17) is 0 Å². The average molecular weight is 245 g/mol. The van der Waals surface area contributed by atoms with E-state index in [1.165, 1.54) is 0 Å². The summed E-state index contributed by atoms with van der Waals surface area (Å²) >= 11 is 3.24. The number of halogens is 1. The maximum Gasteiger partial charge on any atom is 0.223 e. The summed E-state index contributed by atoms with van der Waals surface area (Å²) in [7, 11) is 1.81. The van der Waals surface area contributed by atoms with Gasteiger partial charge in [0.15, 0.2) is 0 Å². The zero-order chi connectivity index (χ0) is 9.68. The van der Waals surface area contributed by atoms with Crippen LogP contribution in [-0.4, -0.2) is 28.2 Å². The molecule has 0 aliphatic heterocycles. The second-order valence-corrected chi connectivity index (χ2v) is 3.68. The summed E-state index contributed by atoms with van der Waals surface area (Å²) in [6.07, 6.45) is 2.41. The average Bonchev–Trinajstić information content (AvgIpc) is 2.57. The van der Waals surface area contributed by atoms with Gasteiger partial charge in [0, 0.05) is 30.7 Å². The molecule has 0 unspecified atom stereocenters. The van der Waals surface area contributed by atoms with Crippen LogP contribution in [0.25, 0.3) is 0 Å². The number of hydrogen-bond acceptors (Lipinski definition) is 1. The van der Waals surface area contributed by atoms with E-state index in [0.717, 1.165) is 11.0 Å². The lowest BCUT2D eigenvalue weighted by molar-refractivity contribution is -0.129. The van der Waals surface area contributed by atoms with E-state index in [2.05, 4.69) is 20.9 Å². The Morgan fingerprint density at radius 3 is 3.00 bits per heavy atom. The first-order valence-electron chi connectivity index (χ1n) is 4.16. The van der Waals surface area contributed by atoms with Crippen molar-refractivity contribution in [1.29, 1.82) is 0 Å². The Morgan fingerprint density at radius 1 is 1.69 bits per heavy atom. The molecule has 0 radical (unpaired) electrons. The van der Waals surface area contributed by atoms with Crippen molar-refractivity contribution in [1.82, 2.24) is 9.88 Å². The third kappa shape index (κ3) is 3.22. The van der Waals surface area contributed by atoms with Gasteiger partial charge in [-0.05, 0) is 12.1 Å². The summed E-state index contributed by atoms with van der Waals surface area (Å²) in [5.41, 5.74) is 1.06. The number of nitrogens with one attached hydrogen (secondary N) is 1. The molecule has 3 nitrogen and oxygen atoms in total. The summed E-state index contributed by atoms with van der Waals surface area (Å²) < 4.78 is 0. The van der Waals surface area contributed by atoms with Gasteiger partial charge in [-0.25, -0.2) is 0 Å². The Balaban J connectivity index is 2.41. The van der Waals surface area contributed by atoms with Crippen molar-refractivity contribution in [3.05, 3.63) is 24.0 Å². The normalized spacial score (nSPS) is 10.0. The summed E-state index contributed by atoms with van der Waals surface area (Å²) in [6, 6.07) is 3.90. The standard InChI is InChI=1S/C9H13BrN2O/c1-12(9(13)4-5-10)7-8-3-2-6-11-8/h2-3,6,11H,4-5,7H2,1H3. The Hall–Kier alpha value is -0.770. The number of amides is 1. The molecule has 4 heteroatoms. The minimum atomic E-state index is 0.159. The third-order valence-corrected chi connectivity index (χ3v) is 2.20. The van der Waals surface area contributed by atoms with Gasteiger partial charge in [0.2, 0.25) is 5.91 Å². The van der Waals surface area contributed by atoms with Crippen molar-refractivity contribution in [2.75, 3.05) is 12.4 Å². The van der Waals surface area contributed by atoms with Crippen LogP contribution >= 0.6 is 15.9 Å². The van der Waals surface area contributed by atoms with Gasteiger partial charge in [0.25, 0.3) is 0 Å². The molecule has 0 saturated heterocycles. The Labute approximate surface area is 86.3 Å². The highest BCUT2D eigenvalue weighted by Gasteiger charge is 2.07. The van der Waals surface area contributed by atoms with Gasteiger partial charge in [-0.2, -0.15) is 0 Å². The van der Waals surface area contributed by atoms with Crippen LogP contribution in [0.2, 0.25) is 0 Å². The second kappa shape index (κ2) is 5.07. The highest BCUT2D eigenvalue weighted by Crippen LogP contribution is 2.02. The van der Waals surface area contributed by atoms with Crippen molar-refractivity contribution < 1.29 is 4.79 Å². The molecule has 0 bridgehead atoms. The molecule has 13 heavy (non-hydrogen) atoms. The summed E-state index contributed by atoms with van der Waals surface area (Å²) in [5, 5.41) is 0.723. The molecule has 72 valence electrons. The molecule has 0 saturated carbocycles. The molecule has 1 rings (SSSR count). The fourth-order valence-electron chi connectivity index (χ4n) is 1.08. The molecule has 0 aliphatic carbocycles. The summed E-state index contributed by atoms with van der Waals surface area (Å²) in [6.45, 7) is 0.652. The van der Waals surface area contributed by atoms with E-state index < -0.39 is 0 Å². The SMILES string of the molecule is CN(Cc1ccc[nH]1)C(=O)CCBr. The number of carbonyl (C=O) groups excluding carboxylic acids is 1. The number of carbonyl (C=O) groups is 1. The van der Waals surface area contributed by atoms with E-state index in [-0.39, 0.29) is 5.91 Å². The van der Waals surface area contributed by atoms with Gasteiger partial charge in [0.1, 0.15) is 0 Å². The van der Waals surface area contributed by atoms with Crippen molar-refractivity contribution in [3.8, 4) is 0 Å². The van der Waals surface area contributed by atoms with E-state index in [9.17, 15) is 4.79 Å². The van der Waals surface area contributed by atoms with Crippen LogP contribution in [0.5, 0.6) is 0 Å². The monoisotopic (exact) mass is 244 g/mol. The minimum absolute atomic E-state index is 0.159. The van der Waals surface area contributed by atoms with Crippen molar-refractivity contribution in [2.45, 2.75) is 13.0 Å². The predicted molar refractivity (Wildman–Crippen MR) is 55.7 cm³/mol. The lowest BCUT2D eigenvalue weighted by Crippen LogP contribution is -2.26. The smallest absolute Gasteiger partial charge is 0.223 e. The second-order valence-electron chi connectivity index (χ2n) is 2.88. The van der Waals surface area contributed by atoms with Gasteiger partial charge >= 0.3 is 0 Å². The van der Waals surface area contributed by atoms with E-state index in [1.807, 2.05) is 25.4 Å². The van der Waals surface area contributed by atoms with Gasteiger partial charge in [-0.1, -0.05) is 15.9 Å². The van der Waals surface area contributed by atoms with Crippen LogP contribution in [0.3, 0.4) is 0 Å². The van der Waals surface area contributed by atoms with Crippen LogP contribution in [0.15, 0.2) is 18.3 Å². The molecule has 0 aromatic carbocycles. The Morgan fingerprint density at radius 2 is 2.46 bits per heavy atom. The van der Waals surface area contributed by atoms with Gasteiger partial charge in [-0.15, -0.1) is 0 Å². The van der Waals surface area contributed by atoms with Crippen LogP contribution in [0.4, 0.5) is 0 Å². The quantitative estimate of drug-likeness (QED) is 0.806. The zero-order valence-electron chi connectivity index (χ0n) is 7.59. The molecule has 0 fully saturated rings. The van der Waals surface area contributed by atoms with E-state index >= 15 is 0 Å². The molecular formula is C9H13BrN2O. The van der Waals surface area contributed by atoms with Gasteiger partial charge < -0.3 is 9.88 Å². The molecule has 0 atom stereocenters. The van der Waals surface area contributed by atoms with Crippen molar-refractivity contribution in [3.63, 3.8) is 0 Å². The van der Waals surface area contributed by atoms with Crippen LogP contribution in [0, 0.1) is 0 Å². The highest BCUT2D eigenvalue weighted by atomic mass is 79.9. The number of aromatic amines is 1. The van der Waals surface area contributed by atoms with Gasteiger partial charge in [0.05, 0.1) is 6.54 Å². The summed E-state index contributed by atoms with van der Waals surface area (Å²) in [5.74, 6) is 0.159. The molecule has 1 aromatic heterocycles. The molecule has 1 heterocycles. The Bertz CT molecular complexity index is 259. The first-order chi connectivity index (χ1) is 6.24. The Kier molecular flexibility index (Phi) is 4.02. The third-order valence-electron chi connectivity index (χ3n) is 1.80. The first-order valence-corrected chi connectivity index (χ1v) is 5.28. The van der Waals surface area contributed by atoms with Crippen LogP contribution < -0.4 is 0 Å². The lowest BCUT2D eigenvalue weighted by atomic mass is 10.3. The maximum atomic E-state index is 11.4. The molecule has 0 spiro atoms. The molecule has 1 aromatic rings. The number of aromatic nitrogens is 1. The minimum Gasteiger partial charge on any atom is -0.364 e. The van der Waals surface area contributed by atoms with Crippen LogP contribution in [0.1, 0.15) is 12.1 Å². The molecule has 0 aliphatic rings. The fraction of sp³-hybridized carbons (Fsp3) is 0.444. The fourth-order valence-corrected chi connectivity index (χ4v) is 1.42. The number of alkyl halides is 1. The van der Waals surface area contributed by atoms with Crippen molar-refractivity contribution >= 4 is 21.8 Å². The topological polar surface area (TPSA) is 36.1 Å². The maximum absolute atomic E-state index is 11.4. The zero-order valence-corrected chi connectivity index (χ0v) is 9.17. The number of H-pyrrole nitrogens is 1.